The van der Waals surface area contributed by atoms with Crippen LogP contribution in [-0.4, -0.2) is 12.1 Å². The van der Waals surface area contributed by atoms with Crippen LogP contribution in [0.4, 0.5) is 5.69 Å². The largest absolute Gasteiger partial charge is 0.382 e. The topological polar surface area (TPSA) is 61.8 Å². The Morgan fingerprint density at radius 2 is 2.06 bits per heavy atom. The summed E-state index contributed by atoms with van der Waals surface area (Å²) in [5.74, 6) is 0. The fourth-order valence-electron chi connectivity index (χ4n) is 2.19. The Morgan fingerprint density at radius 3 is 2.62 bits per heavy atom. The van der Waals surface area contributed by atoms with Crippen molar-refractivity contribution in [2.75, 3.05) is 5.32 Å². The first kappa shape index (κ1) is 11.0. The van der Waals surface area contributed by atoms with E-state index in [1.54, 1.807) is 0 Å². The number of hydrogen-bond acceptors (Lipinski definition) is 3. The fraction of sp³-hybridized carbons (Fsp3) is 0.462. The number of rotatable bonds is 3. The van der Waals surface area contributed by atoms with Crippen molar-refractivity contribution in [1.29, 1.82) is 5.26 Å². The molecule has 2 unspecified atom stereocenters. The van der Waals surface area contributed by atoms with E-state index in [1.807, 2.05) is 24.3 Å². The van der Waals surface area contributed by atoms with Crippen LogP contribution in [0.2, 0.25) is 0 Å². The predicted octanol–water partition coefficient (Wildman–Crippen LogP) is 2.04. The van der Waals surface area contributed by atoms with E-state index in [0.717, 1.165) is 30.5 Å². The highest BCUT2D eigenvalue weighted by molar-refractivity contribution is 5.46. The third-order valence-electron chi connectivity index (χ3n) is 3.08. The normalized spacial score (nSPS) is 24.0. The molecule has 2 atom stereocenters. The van der Waals surface area contributed by atoms with Gasteiger partial charge in [-0.15, -0.1) is 0 Å². The van der Waals surface area contributed by atoms with Crippen LogP contribution in [0.15, 0.2) is 24.3 Å². The molecule has 3 N–H and O–H groups in total. The number of nitrogens with two attached hydrogens (primary N) is 1. The summed E-state index contributed by atoms with van der Waals surface area (Å²) >= 11 is 0. The Kier molecular flexibility index (Phi) is 3.43. The second-order valence-electron chi connectivity index (χ2n) is 4.45. The van der Waals surface area contributed by atoms with Gasteiger partial charge < -0.3 is 11.1 Å². The van der Waals surface area contributed by atoms with Crippen LogP contribution in [0.3, 0.4) is 0 Å². The van der Waals surface area contributed by atoms with Crippen molar-refractivity contribution in [2.24, 2.45) is 5.73 Å². The third-order valence-corrected chi connectivity index (χ3v) is 3.08. The fourth-order valence-corrected chi connectivity index (χ4v) is 2.19. The molecule has 1 aromatic rings. The highest BCUT2D eigenvalue weighted by Crippen LogP contribution is 2.21. The highest BCUT2D eigenvalue weighted by atomic mass is 14.9. The van der Waals surface area contributed by atoms with Crippen LogP contribution in [0, 0.1) is 11.3 Å². The molecular weight excluding hydrogens is 198 g/mol. The molecule has 1 aliphatic carbocycles. The molecular formula is C13H17N3. The smallest absolute Gasteiger partial charge is 0.0669 e. The summed E-state index contributed by atoms with van der Waals surface area (Å²) in [5.41, 5.74) is 8.06. The second-order valence-corrected chi connectivity index (χ2v) is 4.45. The van der Waals surface area contributed by atoms with Gasteiger partial charge in [-0.05, 0) is 37.0 Å². The molecule has 0 amide bonds. The number of anilines is 1. The van der Waals surface area contributed by atoms with Crippen LogP contribution >= 0.6 is 0 Å². The maximum absolute atomic E-state index is 8.57. The van der Waals surface area contributed by atoms with Crippen molar-refractivity contribution in [2.45, 2.75) is 37.8 Å². The first-order valence-corrected chi connectivity index (χ1v) is 5.76. The summed E-state index contributed by atoms with van der Waals surface area (Å²) in [6.07, 6.45) is 3.81. The summed E-state index contributed by atoms with van der Waals surface area (Å²) in [5, 5.41) is 12.0. The molecule has 3 nitrogen and oxygen atoms in total. The minimum Gasteiger partial charge on any atom is -0.382 e. The lowest BCUT2D eigenvalue weighted by molar-refractivity contribution is 0.688. The van der Waals surface area contributed by atoms with Gasteiger partial charge in [0.2, 0.25) is 0 Å². The second kappa shape index (κ2) is 5.00. The lowest BCUT2D eigenvalue weighted by atomic mass is 10.1. The number of nitrogens with zero attached hydrogens (tertiary/aromatic N) is 1. The summed E-state index contributed by atoms with van der Waals surface area (Å²) in [6, 6.07) is 11.1. The van der Waals surface area contributed by atoms with Gasteiger partial charge in [-0.25, -0.2) is 0 Å². The Balaban J connectivity index is 1.92. The first-order chi connectivity index (χ1) is 7.78. The van der Waals surface area contributed by atoms with E-state index in [2.05, 4.69) is 11.4 Å². The lowest BCUT2D eigenvalue weighted by Crippen LogP contribution is -2.20. The van der Waals surface area contributed by atoms with Gasteiger partial charge in [0.1, 0.15) is 0 Å². The molecule has 2 rings (SSSR count). The number of benzene rings is 1. The van der Waals surface area contributed by atoms with Gasteiger partial charge in [-0.3, -0.25) is 0 Å². The Labute approximate surface area is 96.3 Å². The predicted molar refractivity (Wildman–Crippen MR) is 65.0 cm³/mol. The van der Waals surface area contributed by atoms with Gasteiger partial charge in [0.15, 0.2) is 0 Å². The summed E-state index contributed by atoms with van der Waals surface area (Å²) in [7, 11) is 0. The van der Waals surface area contributed by atoms with Gasteiger partial charge in [0, 0.05) is 17.8 Å². The summed E-state index contributed by atoms with van der Waals surface area (Å²) in [6.45, 7) is 0. The SMILES string of the molecule is N#CCc1ccc(NC2CCC(N)C2)cc1. The van der Waals surface area contributed by atoms with E-state index in [0.29, 0.717) is 18.5 Å². The molecule has 0 aromatic heterocycles. The van der Waals surface area contributed by atoms with Gasteiger partial charge >= 0.3 is 0 Å². The van der Waals surface area contributed by atoms with Crippen LogP contribution in [0.25, 0.3) is 0 Å². The van der Waals surface area contributed by atoms with Crippen LogP contribution < -0.4 is 11.1 Å². The van der Waals surface area contributed by atoms with E-state index in [9.17, 15) is 0 Å². The Bertz CT molecular complexity index is 377. The molecule has 1 aliphatic rings. The van der Waals surface area contributed by atoms with E-state index >= 15 is 0 Å². The molecule has 1 aromatic carbocycles. The van der Waals surface area contributed by atoms with Crippen molar-refractivity contribution >= 4 is 5.69 Å². The summed E-state index contributed by atoms with van der Waals surface area (Å²) < 4.78 is 0. The molecule has 0 radical (unpaired) electrons. The van der Waals surface area contributed by atoms with Crippen molar-refractivity contribution in [1.82, 2.24) is 0 Å². The molecule has 1 saturated carbocycles. The standard InChI is InChI=1S/C13H17N3/c14-8-7-10-1-4-12(5-2-10)16-13-6-3-11(15)9-13/h1-2,4-5,11,13,16H,3,6-7,9,15H2. The quantitative estimate of drug-likeness (QED) is 0.811. The van der Waals surface area contributed by atoms with Crippen molar-refractivity contribution < 1.29 is 0 Å². The molecule has 16 heavy (non-hydrogen) atoms. The zero-order valence-corrected chi connectivity index (χ0v) is 9.32. The number of nitriles is 1. The minimum atomic E-state index is 0.357. The monoisotopic (exact) mass is 215 g/mol. The summed E-state index contributed by atoms with van der Waals surface area (Å²) in [4.78, 5) is 0. The zero-order chi connectivity index (χ0) is 11.4. The van der Waals surface area contributed by atoms with Crippen LogP contribution in [0.1, 0.15) is 24.8 Å². The molecule has 84 valence electrons. The zero-order valence-electron chi connectivity index (χ0n) is 9.32. The maximum atomic E-state index is 8.57. The van der Waals surface area contributed by atoms with Crippen molar-refractivity contribution in [3.63, 3.8) is 0 Å². The van der Waals surface area contributed by atoms with Crippen molar-refractivity contribution in [3.8, 4) is 6.07 Å². The van der Waals surface area contributed by atoms with Crippen molar-refractivity contribution in [3.05, 3.63) is 29.8 Å². The van der Waals surface area contributed by atoms with E-state index < -0.39 is 0 Å². The molecule has 0 heterocycles. The van der Waals surface area contributed by atoms with Gasteiger partial charge in [0.05, 0.1) is 12.5 Å². The van der Waals surface area contributed by atoms with Gasteiger partial charge in [-0.2, -0.15) is 5.26 Å². The van der Waals surface area contributed by atoms with E-state index in [4.69, 9.17) is 11.0 Å². The third kappa shape index (κ3) is 2.74. The Hall–Kier alpha value is -1.53. The molecule has 0 aliphatic heterocycles. The first-order valence-electron chi connectivity index (χ1n) is 5.76. The molecule has 0 spiro atoms. The highest BCUT2D eigenvalue weighted by Gasteiger charge is 2.21. The van der Waals surface area contributed by atoms with Crippen LogP contribution in [0.5, 0.6) is 0 Å². The average Bonchev–Trinajstić information content (AvgIpc) is 2.67. The van der Waals surface area contributed by atoms with E-state index in [1.165, 1.54) is 0 Å². The number of hydrogen-bond donors (Lipinski definition) is 2. The van der Waals surface area contributed by atoms with Gasteiger partial charge in [-0.1, -0.05) is 12.1 Å². The molecule has 0 bridgehead atoms. The Morgan fingerprint density at radius 1 is 1.31 bits per heavy atom. The molecule has 0 saturated heterocycles. The molecule has 3 heteroatoms. The van der Waals surface area contributed by atoms with E-state index in [-0.39, 0.29) is 0 Å². The lowest BCUT2D eigenvalue weighted by Gasteiger charge is -2.13. The minimum absolute atomic E-state index is 0.357. The average molecular weight is 215 g/mol. The maximum Gasteiger partial charge on any atom is 0.0669 e. The van der Waals surface area contributed by atoms with Gasteiger partial charge in [0.25, 0.3) is 0 Å². The van der Waals surface area contributed by atoms with Crippen LogP contribution in [-0.2, 0) is 6.42 Å². The molecule has 1 fully saturated rings. The number of nitrogens with one attached hydrogen (secondary N) is 1.